The number of nitrogens with zero attached hydrogens (tertiary/aromatic N) is 5. The normalized spacial score (nSPS) is 15.3. The highest BCUT2D eigenvalue weighted by atomic mass is 16.4. The molecule has 1 aliphatic heterocycles. The molecular weight excluding hydrogens is 392 g/mol. The summed E-state index contributed by atoms with van der Waals surface area (Å²) in [6.45, 7) is 2.63. The molecule has 2 aromatic heterocycles. The summed E-state index contributed by atoms with van der Waals surface area (Å²) < 4.78 is 6.82. The van der Waals surface area contributed by atoms with Crippen molar-refractivity contribution in [3.8, 4) is 0 Å². The van der Waals surface area contributed by atoms with E-state index in [-0.39, 0.29) is 37.2 Å². The van der Waals surface area contributed by atoms with Gasteiger partial charge in [-0.25, -0.2) is 9.89 Å². The molecule has 0 radical (unpaired) electrons. The molecule has 1 atom stereocenters. The van der Waals surface area contributed by atoms with Gasteiger partial charge in [0, 0.05) is 27.2 Å². The number of hydrogen-bond acceptors (Lipinski definition) is 7. The number of nitrogens with one attached hydrogen (secondary N) is 1. The van der Waals surface area contributed by atoms with E-state index in [1.54, 1.807) is 19.2 Å². The van der Waals surface area contributed by atoms with Crippen molar-refractivity contribution in [1.82, 2.24) is 29.5 Å². The van der Waals surface area contributed by atoms with Crippen LogP contribution in [0.5, 0.6) is 0 Å². The van der Waals surface area contributed by atoms with Crippen LogP contribution in [0.4, 0.5) is 0 Å². The van der Waals surface area contributed by atoms with Crippen LogP contribution in [-0.2, 0) is 17.9 Å². The van der Waals surface area contributed by atoms with Gasteiger partial charge in [-0.05, 0) is 38.1 Å². The van der Waals surface area contributed by atoms with Crippen LogP contribution in [0.25, 0.3) is 0 Å². The van der Waals surface area contributed by atoms with Gasteiger partial charge >= 0.3 is 5.69 Å². The average Bonchev–Trinajstić information content (AvgIpc) is 3.45. The van der Waals surface area contributed by atoms with Gasteiger partial charge in [-0.3, -0.25) is 19.1 Å². The van der Waals surface area contributed by atoms with Crippen LogP contribution in [0.15, 0.2) is 27.7 Å². The van der Waals surface area contributed by atoms with E-state index in [2.05, 4.69) is 15.1 Å². The lowest BCUT2D eigenvalue weighted by atomic mass is 10.3. The van der Waals surface area contributed by atoms with Crippen LogP contribution in [0.1, 0.15) is 29.2 Å². The third kappa shape index (κ3) is 5.57. The molecule has 0 aromatic carbocycles. The molecule has 0 saturated carbocycles. The minimum Gasteiger partial charge on any atom is -0.455 e. The van der Waals surface area contributed by atoms with Crippen LogP contribution in [0.2, 0.25) is 0 Å². The molecule has 11 nitrogen and oxygen atoms in total. The second kappa shape index (κ2) is 9.72. The summed E-state index contributed by atoms with van der Waals surface area (Å²) in [6.07, 6.45) is 2.65. The van der Waals surface area contributed by atoms with E-state index in [9.17, 15) is 19.5 Å². The summed E-state index contributed by atoms with van der Waals surface area (Å²) in [4.78, 5) is 41.2. The van der Waals surface area contributed by atoms with Crippen molar-refractivity contribution in [2.24, 2.45) is 0 Å². The molecule has 1 fully saturated rings. The maximum atomic E-state index is 12.6. The number of furan rings is 1. The van der Waals surface area contributed by atoms with Gasteiger partial charge in [0.1, 0.15) is 18.6 Å². The number of aliphatic hydroxyl groups is 1. The lowest BCUT2D eigenvalue weighted by molar-refractivity contribution is -0.131. The van der Waals surface area contributed by atoms with Crippen LogP contribution >= 0.6 is 0 Å². The summed E-state index contributed by atoms with van der Waals surface area (Å²) in [6, 6.07) is 3.45. The quantitative estimate of drug-likeness (QED) is 0.552. The standard InChI is InChI=1S/C19H28N6O5/c1-22(17(27)12-25-13-20-21-19(25)29)9-14(26)10-23(2)18(28)16-6-5-15(30-16)11-24-7-3-4-8-24/h5-6,13-14,26H,3-4,7-12H2,1-2H3,(H,21,29). The monoisotopic (exact) mass is 420 g/mol. The Morgan fingerprint density at radius 1 is 1.23 bits per heavy atom. The highest BCUT2D eigenvalue weighted by Gasteiger charge is 2.22. The molecule has 1 unspecified atom stereocenters. The highest BCUT2D eigenvalue weighted by Crippen LogP contribution is 2.16. The number of hydrogen-bond donors (Lipinski definition) is 2. The van der Waals surface area contributed by atoms with Crippen molar-refractivity contribution in [3.63, 3.8) is 0 Å². The predicted molar refractivity (Wildman–Crippen MR) is 107 cm³/mol. The lowest BCUT2D eigenvalue weighted by Crippen LogP contribution is -2.43. The van der Waals surface area contributed by atoms with E-state index in [1.807, 2.05) is 0 Å². The molecule has 3 rings (SSSR count). The minimum atomic E-state index is -0.951. The molecule has 2 amide bonds. The molecule has 0 bridgehead atoms. The van der Waals surface area contributed by atoms with Gasteiger partial charge < -0.3 is 19.3 Å². The molecule has 1 saturated heterocycles. The number of likely N-dealkylation sites (N-methyl/N-ethyl adjacent to an activating group) is 2. The fourth-order valence-corrected chi connectivity index (χ4v) is 3.45. The van der Waals surface area contributed by atoms with Crippen molar-refractivity contribution in [2.45, 2.75) is 32.0 Å². The number of likely N-dealkylation sites (tertiary alicyclic amines) is 1. The van der Waals surface area contributed by atoms with E-state index < -0.39 is 11.8 Å². The van der Waals surface area contributed by atoms with Gasteiger partial charge in [-0.15, -0.1) is 0 Å². The van der Waals surface area contributed by atoms with E-state index in [0.717, 1.165) is 23.4 Å². The maximum Gasteiger partial charge on any atom is 0.343 e. The molecule has 164 valence electrons. The second-order valence-corrected chi connectivity index (χ2v) is 7.65. The number of aromatic amines is 1. The third-order valence-electron chi connectivity index (χ3n) is 5.12. The Bertz CT molecular complexity index is 912. The van der Waals surface area contributed by atoms with Gasteiger partial charge in [0.25, 0.3) is 5.91 Å². The van der Waals surface area contributed by atoms with Gasteiger partial charge in [0.2, 0.25) is 5.91 Å². The summed E-state index contributed by atoms with van der Waals surface area (Å²) >= 11 is 0. The zero-order valence-corrected chi connectivity index (χ0v) is 17.3. The molecule has 1 aliphatic rings. The lowest BCUT2D eigenvalue weighted by Gasteiger charge is -2.24. The van der Waals surface area contributed by atoms with Gasteiger partial charge in [-0.2, -0.15) is 5.10 Å². The number of aliphatic hydroxyl groups excluding tert-OH is 1. The minimum absolute atomic E-state index is 0.0153. The average molecular weight is 420 g/mol. The Labute approximate surface area is 173 Å². The molecule has 11 heteroatoms. The fourth-order valence-electron chi connectivity index (χ4n) is 3.45. The first-order chi connectivity index (χ1) is 14.3. The topological polar surface area (TPSA) is 128 Å². The first-order valence-electron chi connectivity index (χ1n) is 9.92. The van der Waals surface area contributed by atoms with Crippen molar-refractivity contribution in [3.05, 3.63) is 40.5 Å². The van der Waals surface area contributed by atoms with E-state index >= 15 is 0 Å². The smallest absolute Gasteiger partial charge is 0.343 e. The molecule has 2 N–H and O–H groups in total. The Hall–Kier alpha value is -2.92. The molecular formula is C19H28N6O5. The summed E-state index contributed by atoms with van der Waals surface area (Å²) in [5.74, 6) is 0.279. The van der Waals surface area contributed by atoms with Crippen LogP contribution in [0, 0.1) is 0 Å². The highest BCUT2D eigenvalue weighted by molar-refractivity contribution is 5.91. The van der Waals surface area contributed by atoms with Crippen LogP contribution in [0.3, 0.4) is 0 Å². The summed E-state index contributed by atoms with van der Waals surface area (Å²) in [5, 5.41) is 16.1. The number of amides is 2. The van der Waals surface area contributed by atoms with E-state index in [4.69, 9.17) is 4.42 Å². The largest absolute Gasteiger partial charge is 0.455 e. The van der Waals surface area contributed by atoms with Gasteiger partial charge in [-0.1, -0.05) is 0 Å². The van der Waals surface area contributed by atoms with Gasteiger partial charge in [0.15, 0.2) is 5.76 Å². The Morgan fingerprint density at radius 3 is 2.60 bits per heavy atom. The van der Waals surface area contributed by atoms with Crippen LogP contribution in [-0.4, -0.2) is 92.8 Å². The zero-order chi connectivity index (χ0) is 21.7. The van der Waals surface area contributed by atoms with Crippen molar-refractivity contribution in [1.29, 1.82) is 0 Å². The molecule has 30 heavy (non-hydrogen) atoms. The first-order valence-corrected chi connectivity index (χ1v) is 9.92. The fraction of sp³-hybridized carbons (Fsp3) is 0.579. The number of rotatable bonds is 9. The SMILES string of the molecule is CN(CC(O)CN(C)C(=O)c1ccc(CN2CCCC2)o1)C(=O)Cn1cn[nH]c1=O. The van der Waals surface area contributed by atoms with Crippen molar-refractivity contribution in [2.75, 3.05) is 40.3 Å². The second-order valence-electron chi connectivity index (χ2n) is 7.65. The Kier molecular flexibility index (Phi) is 7.06. The molecule has 0 aliphatic carbocycles. The number of aromatic nitrogens is 3. The van der Waals surface area contributed by atoms with Crippen molar-refractivity contribution >= 4 is 11.8 Å². The van der Waals surface area contributed by atoms with E-state index in [1.165, 1.54) is 36.0 Å². The Balaban J connectivity index is 1.47. The predicted octanol–water partition coefficient (Wildman–Crippen LogP) is -0.648. The third-order valence-corrected chi connectivity index (χ3v) is 5.12. The van der Waals surface area contributed by atoms with Crippen molar-refractivity contribution < 1.29 is 19.1 Å². The number of H-pyrrole nitrogens is 1. The van der Waals surface area contributed by atoms with Gasteiger partial charge in [0.05, 0.1) is 12.6 Å². The molecule has 0 spiro atoms. The maximum absolute atomic E-state index is 12.6. The summed E-state index contributed by atoms with van der Waals surface area (Å²) in [7, 11) is 3.09. The molecule has 3 heterocycles. The molecule has 2 aromatic rings. The Morgan fingerprint density at radius 2 is 1.93 bits per heavy atom. The number of carbonyl (C=O) groups excluding carboxylic acids is 2. The van der Waals surface area contributed by atoms with E-state index in [0.29, 0.717) is 6.54 Å². The van der Waals surface area contributed by atoms with Crippen LogP contribution < -0.4 is 5.69 Å². The number of carbonyl (C=O) groups is 2. The summed E-state index contributed by atoms with van der Waals surface area (Å²) in [5.41, 5.74) is -0.481. The zero-order valence-electron chi connectivity index (χ0n) is 17.3. The first kappa shape index (κ1) is 21.8.